The van der Waals surface area contributed by atoms with E-state index in [1.807, 2.05) is 70.0 Å². The molecule has 1 aliphatic heterocycles. The largest absolute Gasteiger partial charge is 0.334 e. The maximum absolute atomic E-state index is 13.1. The lowest BCUT2D eigenvalue weighted by atomic mass is 10.0. The van der Waals surface area contributed by atoms with Gasteiger partial charge in [0.25, 0.3) is 5.91 Å². The third kappa shape index (κ3) is 3.40. The third-order valence-corrected chi connectivity index (χ3v) is 4.95. The molecule has 1 amide bonds. The van der Waals surface area contributed by atoms with Crippen molar-refractivity contribution in [3.63, 3.8) is 0 Å². The zero-order chi connectivity index (χ0) is 17.9. The standard InChI is InChI=1S/C20H23N5O/c1-16-10-14-25(22-16)18-8-6-17(7-9-18)20(26)24-13-3-2-5-19(24)15-23-12-4-11-21-23/h4,6-12,14,19H,2-3,5,13,15H2,1H3/t19-/m0/s1. The molecule has 3 aromatic rings. The molecule has 2 aromatic heterocycles. The first-order chi connectivity index (χ1) is 12.7. The van der Waals surface area contributed by atoms with Crippen molar-refractivity contribution in [2.45, 2.75) is 38.8 Å². The van der Waals surface area contributed by atoms with Gasteiger partial charge in [-0.25, -0.2) is 4.68 Å². The molecule has 1 aliphatic rings. The summed E-state index contributed by atoms with van der Waals surface area (Å²) in [5.74, 6) is 0.102. The molecular formula is C20H23N5O. The Balaban J connectivity index is 1.51. The number of carbonyl (C=O) groups is 1. The van der Waals surface area contributed by atoms with E-state index in [1.54, 1.807) is 6.20 Å². The SMILES string of the molecule is Cc1ccn(-c2ccc(C(=O)N3CCCC[C@H]3Cn3cccn3)cc2)n1. The fraction of sp³-hybridized carbons (Fsp3) is 0.350. The monoisotopic (exact) mass is 349 g/mol. The van der Waals surface area contributed by atoms with Gasteiger partial charge in [0.05, 0.1) is 24.0 Å². The van der Waals surface area contributed by atoms with Crippen LogP contribution in [-0.4, -0.2) is 43.0 Å². The van der Waals surface area contributed by atoms with Gasteiger partial charge in [-0.15, -0.1) is 0 Å². The first kappa shape index (κ1) is 16.6. The predicted octanol–water partition coefficient (Wildman–Crippen LogP) is 3.07. The molecule has 1 aromatic carbocycles. The highest BCUT2D eigenvalue weighted by Crippen LogP contribution is 2.21. The highest BCUT2D eigenvalue weighted by molar-refractivity contribution is 5.94. The van der Waals surface area contributed by atoms with Crippen LogP contribution in [0.5, 0.6) is 0 Å². The first-order valence-corrected chi connectivity index (χ1v) is 9.12. The summed E-state index contributed by atoms with van der Waals surface area (Å²) in [5, 5.41) is 8.70. The van der Waals surface area contributed by atoms with Gasteiger partial charge in [0.2, 0.25) is 0 Å². The number of hydrogen-bond acceptors (Lipinski definition) is 3. The molecule has 0 bridgehead atoms. The third-order valence-electron chi connectivity index (χ3n) is 4.95. The van der Waals surface area contributed by atoms with Gasteiger partial charge in [-0.05, 0) is 62.6 Å². The van der Waals surface area contributed by atoms with Crippen molar-refractivity contribution in [1.29, 1.82) is 0 Å². The number of aromatic nitrogens is 4. The normalized spacial score (nSPS) is 17.4. The number of amides is 1. The van der Waals surface area contributed by atoms with Gasteiger partial charge < -0.3 is 4.90 Å². The van der Waals surface area contributed by atoms with Crippen LogP contribution in [0.1, 0.15) is 35.3 Å². The summed E-state index contributed by atoms with van der Waals surface area (Å²) in [6.07, 6.45) is 8.91. The van der Waals surface area contributed by atoms with Crippen LogP contribution < -0.4 is 0 Å². The Morgan fingerprint density at radius 1 is 1.15 bits per heavy atom. The Kier molecular flexibility index (Phi) is 4.56. The molecule has 6 nitrogen and oxygen atoms in total. The molecule has 4 rings (SSSR count). The number of carbonyl (C=O) groups excluding carboxylic acids is 1. The van der Waals surface area contributed by atoms with E-state index in [4.69, 9.17) is 0 Å². The lowest BCUT2D eigenvalue weighted by Crippen LogP contribution is -2.45. The van der Waals surface area contributed by atoms with Gasteiger partial charge in [0.1, 0.15) is 0 Å². The molecule has 26 heavy (non-hydrogen) atoms. The second-order valence-corrected chi connectivity index (χ2v) is 6.82. The summed E-state index contributed by atoms with van der Waals surface area (Å²) in [6.45, 7) is 3.53. The van der Waals surface area contributed by atoms with E-state index >= 15 is 0 Å². The molecule has 0 spiro atoms. The Labute approximate surface area is 153 Å². The van der Waals surface area contributed by atoms with Crippen molar-refractivity contribution >= 4 is 5.91 Å². The molecule has 3 heterocycles. The zero-order valence-electron chi connectivity index (χ0n) is 15.0. The lowest BCUT2D eigenvalue weighted by molar-refractivity contribution is 0.0584. The summed E-state index contributed by atoms with van der Waals surface area (Å²) in [5.41, 5.74) is 2.66. The fourth-order valence-corrected chi connectivity index (χ4v) is 3.56. The van der Waals surface area contributed by atoms with Crippen LogP contribution in [0.2, 0.25) is 0 Å². The van der Waals surface area contributed by atoms with Gasteiger partial charge >= 0.3 is 0 Å². The topological polar surface area (TPSA) is 56.0 Å². The molecule has 0 radical (unpaired) electrons. The maximum atomic E-state index is 13.1. The van der Waals surface area contributed by atoms with Crippen molar-refractivity contribution < 1.29 is 4.79 Å². The Morgan fingerprint density at radius 3 is 2.69 bits per heavy atom. The molecule has 0 saturated carbocycles. The molecule has 1 saturated heterocycles. The molecule has 6 heteroatoms. The van der Waals surface area contributed by atoms with Gasteiger partial charge in [0, 0.05) is 30.7 Å². The minimum atomic E-state index is 0.102. The van der Waals surface area contributed by atoms with Crippen molar-refractivity contribution in [2.75, 3.05) is 6.54 Å². The van der Waals surface area contributed by atoms with Crippen molar-refractivity contribution in [1.82, 2.24) is 24.5 Å². The molecular weight excluding hydrogens is 326 g/mol. The minimum absolute atomic E-state index is 0.102. The number of aryl methyl sites for hydroxylation is 1. The van der Waals surface area contributed by atoms with Gasteiger partial charge in [-0.2, -0.15) is 10.2 Å². The maximum Gasteiger partial charge on any atom is 0.254 e. The molecule has 134 valence electrons. The Bertz CT molecular complexity index is 866. The smallest absolute Gasteiger partial charge is 0.254 e. The molecule has 0 aliphatic carbocycles. The van der Waals surface area contributed by atoms with Gasteiger partial charge in [-0.3, -0.25) is 9.48 Å². The number of nitrogens with zero attached hydrogens (tertiary/aromatic N) is 5. The van der Waals surface area contributed by atoms with Crippen molar-refractivity contribution in [2.24, 2.45) is 0 Å². The van der Waals surface area contributed by atoms with Gasteiger partial charge in [-0.1, -0.05) is 0 Å². The highest BCUT2D eigenvalue weighted by atomic mass is 16.2. The molecule has 0 unspecified atom stereocenters. The predicted molar refractivity (Wildman–Crippen MR) is 99.2 cm³/mol. The second-order valence-electron chi connectivity index (χ2n) is 6.82. The van der Waals surface area contributed by atoms with E-state index < -0.39 is 0 Å². The van der Waals surface area contributed by atoms with Crippen molar-refractivity contribution in [3.05, 3.63) is 66.2 Å². The van der Waals surface area contributed by atoms with Crippen LogP contribution in [0.15, 0.2) is 55.0 Å². The number of rotatable bonds is 4. The van der Waals surface area contributed by atoms with Crippen LogP contribution in [0.3, 0.4) is 0 Å². The summed E-state index contributed by atoms with van der Waals surface area (Å²) >= 11 is 0. The van der Waals surface area contributed by atoms with Crippen LogP contribution in [0, 0.1) is 6.92 Å². The highest BCUT2D eigenvalue weighted by Gasteiger charge is 2.27. The number of piperidine rings is 1. The fourth-order valence-electron chi connectivity index (χ4n) is 3.56. The number of likely N-dealkylation sites (tertiary alicyclic amines) is 1. The van der Waals surface area contributed by atoms with E-state index in [1.165, 1.54) is 0 Å². The van der Waals surface area contributed by atoms with Crippen molar-refractivity contribution in [3.8, 4) is 5.69 Å². The Hall–Kier alpha value is -2.89. The quantitative estimate of drug-likeness (QED) is 0.727. The first-order valence-electron chi connectivity index (χ1n) is 9.12. The van der Waals surface area contributed by atoms with E-state index in [-0.39, 0.29) is 11.9 Å². The Morgan fingerprint density at radius 2 is 2.00 bits per heavy atom. The van der Waals surface area contributed by atoms with E-state index in [2.05, 4.69) is 10.2 Å². The van der Waals surface area contributed by atoms with Crippen LogP contribution in [0.4, 0.5) is 0 Å². The van der Waals surface area contributed by atoms with E-state index in [0.29, 0.717) is 0 Å². The van der Waals surface area contributed by atoms with Crippen LogP contribution in [-0.2, 0) is 6.54 Å². The number of hydrogen-bond donors (Lipinski definition) is 0. The zero-order valence-corrected chi connectivity index (χ0v) is 15.0. The second kappa shape index (κ2) is 7.15. The average molecular weight is 349 g/mol. The summed E-state index contributed by atoms with van der Waals surface area (Å²) in [7, 11) is 0. The molecule has 1 fully saturated rings. The summed E-state index contributed by atoms with van der Waals surface area (Å²) in [6, 6.07) is 11.8. The van der Waals surface area contributed by atoms with Crippen LogP contribution >= 0.6 is 0 Å². The molecule has 1 atom stereocenters. The minimum Gasteiger partial charge on any atom is -0.334 e. The average Bonchev–Trinajstić information content (AvgIpc) is 3.34. The summed E-state index contributed by atoms with van der Waals surface area (Å²) in [4.78, 5) is 15.1. The van der Waals surface area contributed by atoms with Crippen LogP contribution in [0.25, 0.3) is 5.69 Å². The number of benzene rings is 1. The lowest BCUT2D eigenvalue weighted by Gasteiger charge is -2.35. The van der Waals surface area contributed by atoms with E-state index in [9.17, 15) is 4.79 Å². The van der Waals surface area contributed by atoms with E-state index in [0.717, 1.165) is 49.3 Å². The molecule has 0 N–H and O–H groups in total. The van der Waals surface area contributed by atoms with Gasteiger partial charge in [0.15, 0.2) is 0 Å². The summed E-state index contributed by atoms with van der Waals surface area (Å²) < 4.78 is 3.74.